The van der Waals surface area contributed by atoms with Crippen LogP contribution in [0.3, 0.4) is 0 Å². The van der Waals surface area contributed by atoms with Crippen molar-refractivity contribution in [1.29, 1.82) is 0 Å². The minimum absolute atomic E-state index is 0.0151. The van der Waals surface area contributed by atoms with Crippen molar-refractivity contribution in [2.75, 3.05) is 23.4 Å². The number of halogens is 1. The van der Waals surface area contributed by atoms with Gasteiger partial charge in [0.15, 0.2) is 9.84 Å². The Hall–Kier alpha value is -1.08. The third-order valence-corrected chi connectivity index (χ3v) is 7.72. The van der Waals surface area contributed by atoms with Gasteiger partial charge in [0.25, 0.3) is 0 Å². The van der Waals surface area contributed by atoms with Gasteiger partial charge in [0.1, 0.15) is 0 Å². The molecule has 0 spiro atoms. The number of amides is 1. The largest absolute Gasteiger partial charge is 0.376 e. The van der Waals surface area contributed by atoms with Crippen LogP contribution in [0.25, 0.3) is 0 Å². The van der Waals surface area contributed by atoms with Gasteiger partial charge in [0.2, 0.25) is 5.91 Å². The van der Waals surface area contributed by atoms with E-state index in [1.807, 2.05) is 30.0 Å². The Kier molecular flexibility index (Phi) is 6.28. The Morgan fingerprint density at radius 3 is 2.54 bits per heavy atom. The quantitative estimate of drug-likeness (QED) is 0.757. The van der Waals surface area contributed by atoms with Crippen LogP contribution in [0.1, 0.15) is 44.1 Å². The Balaban J connectivity index is 1.71. The van der Waals surface area contributed by atoms with Crippen molar-refractivity contribution in [2.45, 2.75) is 57.5 Å². The molecule has 1 atom stereocenters. The average Bonchev–Trinajstić information content (AvgIpc) is 2.95. The van der Waals surface area contributed by atoms with Crippen molar-refractivity contribution in [2.24, 2.45) is 0 Å². The summed E-state index contributed by atoms with van der Waals surface area (Å²) in [7, 11) is -3.01. The fourth-order valence-electron chi connectivity index (χ4n) is 4.15. The first-order valence-corrected chi connectivity index (χ1v) is 12.0. The number of benzene rings is 1. The Morgan fingerprint density at radius 2 is 1.92 bits per heavy atom. The number of carbonyl (C=O) groups is 1. The van der Waals surface area contributed by atoms with Crippen molar-refractivity contribution in [3.63, 3.8) is 0 Å². The molecule has 1 N–H and O–H groups in total. The van der Waals surface area contributed by atoms with Gasteiger partial charge in [-0.25, -0.2) is 8.42 Å². The number of hydrogen-bond donors (Lipinski definition) is 1. The molecule has 7 heteroatoms. The van der Waals surface area contributed by atoms with Crippen LogP contribution in [0, 0.1) is 6.92 Å². The zero-order valence-electron chi connectivity index (χ0n) is 15.2. The number of rotatable bonds is 5. The molecule has 0 unspecified atom stereocenters. The predicted octanol–water partition coefficient (Wildman–Crippen LogP) is 3.52. The summed E-state index contributed by atoms with van der Waals surface area (Å²) in [5.74, 6) is 0.335. The van der Waals surface area contributed by atoms with Crippen LogP contribution in [0.15, 0.2) is 22.7 Å². The number of anilines is 1. The monoisotopic (exact) mass is 442 g/mol. The molecule has 1 aromatic rings. The second kappa shape index (κ2) is 8.30. The summed E-state index contributed by atoms with van der Waals surface area (Å²) in [6.45, 7) is 2.20. The molecule has 1 aliphatic heterocycles. The first kappa shape index (κ1) is 19.7. The van der Waals surface area contributed by atoms with Gasteiger partial charge in [0, 0.05) is 22.2 Å². The van der Waals surface area contributed by atoms with Crippen LogP contribution in [0.5, 0.6) is 0 Å². The number of carbonyl (C=O) groups excluding carboxylic acids is 1. The minimum Gasteiger partial charge on any atom is -0.376 e. The van der Waals surface area contributed by atoms with E-state index in [9.17, 15) is 13.2 Å². The number of nitrogens with one attached hydrogen (secondary N) is 1. The van der Waals surface area contributed by atoms with Gasteiger partial charge in [-0.3, -0.25) is 4.79 Å². The van der Waals surface area contributed by atoms with E-state index in [0.717, 1.165) is 41.4 Å². The molecule has 2 fully saturated rings. The maximum atomic E-state index is 13.1. The normalized spacial score (nSPS) is 22.9. The summed E-state index contributed by atoms with van der Waals surface area (Å²) in [5, 5.41) is 3.24. The highest BCUT2D eigenvalue weighted by molar-refractivity contribution is 9.10. The lowest BCUT2D eigenvalue weighted by atomic mass is 9.93. The summed E-state index contributed by atoms with van der Waals surface area (Å²) in [6.07, 6.45) is 5.99. The number of sulfone groups is 1. The topological polar surface area (TPSA) is 66.5 Å². The lowest BCUT2D eigenvalue weighted by Gasteiger charge is -2.38. The number of nitrogens with zero attached hydrogens (tertiary/aromatic N) is 1. The second-order valence-electron chi connectivity index (χ2n) is 7.46. The highest BCUT2D eigenvalue weighted by Gasteiger charge is 2.38. The van der Waals surface area contributed by atoms with Crippen molar-refractivity contribution >= 4 is 37.4 Å². The third-order valence-electron chi connectivity index (χ3n) is 5.48. The molecule has 1 aromatic carbocycles. The number of hydrogen-bond acceptors (Lipinski definition) is 4. The highest BCUT2D eigenvalue weighted by atomic mass is 79.9. The van der Waals surface area contributed by atoms with E-state index in [2.05, 4.69) is 21.2 Å². The average molecular weight is 443 g/mol. The molecular formula is C19H27BrN2O3S. The molecule has 1 amide bonds. The van der Waals surface area contributed by atoms with Crippen molar-refractivity contribution in [3.8, 4) is 0 Å². The molecule has 0 bridgehead atoms. The van der Waals surface area contributed by atoms with Gasteiger partial charge in [-0.05, 0) is 49.9 Å². The number of aryl methyl sites for hydroxylation is 1. The smallest absolute Gasteiger partial charge is 0.242 e. The van der Waals surface area contributed by atoms with Gasteiger partial charge in [-0.15, -0.1) is 0 Å². The minimum atomic E-state index is -3.01. The Bertz CT molecular complexity index is 760. The van der Waals surface area contributed by atoms with E-state index >= 15 is 0 Å². The van der Waals surface area contributed by atoms with E-state index in [-0.39, 0.29) is 36.0 Å². The van der Waals surface area contributed by atoms with Crippen LogP contribution in [-0.4, -0.2) is 49.4 Å². The summed E-state index contributed by atoms with van der Waals surface area (Å²) >= 11 is 3.45. The van der Waals surface area contributed by atoms with Crippen molar-refractivity contribution in [3.05, 3.63) is 28.2 Å². The van der Waals surface area contributed by atoms with Crippen LogP contribution in [0.2, 0.25) is 0 Å². The van der Waals surface area contributed by atoms with Crippen LogP contribution in [-0.2, 0) is 14.6 Å². The predicted molar refractivity (Wildman–Crippen MR) is 108 cm³/mol. The molecule has 1 aliphatic carbocycles. The maximum absolute atomic E-state index is 13.1. The van der Waals surface area contributed by atoms with Crippen molar-refractivity contribution in [1.82, 2.24) is 4.90 Å². The van der Waals surface area contributed by atoms with Gasteiger partial charge in [-0.1, -0.05) is 35.2 Å². The summed E-state index contributed by atoms with van der Waals surface area (Å²) in [5.41, 5.74) is 2.00. The fraction of sp³-hybridized carbons (Fsp3) is 0.632. The molecule has 26 heavy (non-hydrogen) atoms. The SMILES string of the molecule is Cc1cc(Br)ccc1NCC(=O)N(C1CCCCC1)[C@@H]1CCS(=O)(=O)C1. The molecule has 1 saturated carbocycles. The molecule has 0 radical (unpaired) electrons. The summed E-state index contributed by atoms with van der Waals surface area (Å²) < 4.78 is 24.9. The van der Waals surface area contributed by atoms with E-state index in [1.165, 1.54) is 6.42 Å². The van der Waals surface area contributed by atoms with Gasteiger partial charge in [-0.2, -0.15) is 0 Å². The first-order chi connectivity index (χ1) is 12.4. The van der Waals surface area contributed by atoms with Crippen LogP contribution < -0.4 is 5.32 Å². The fourth-order valence-corrected chi connectivity index (χ4v) is 6.33. The summed E-state index contributed by atoms with van der Waals surface area (Å²) in [6, 6.07) is 5.93. The second-order valence-corrected chi connectivity index (χ2v) is 10.6. The Labute approximate surface area is 164 Å². The van der Waals surface area contributed by atoms with E-state index in [4.69, 9.17) is 0 Å². The zero-order chi connectivity index (χ0) is 18.7. The molecule has 2 aliphatic rings. The highest BCUT2D eigenvalue weighted by Crippen LogP contribution is 2.28. The molecule has 3 rings (SSSR count). The van der Waals surface area contributed by atoms with E-state index < -0.39 is 9.84 Å². The van der Waals surface area contributed by atoms with Crippen molar-refractivity contribution < 1.29 is 13.2 Å². The van der Waals surface area contributed by atoms with Gasteiger partial charge >= 0.3 is 0 Å². The third kappa shape index (κ3) is 4.80. The maximum Gasteiger partial charge on any atom is 0.242 e. The molecular weight excluding hydrogens is 416 g/mol. The summed E-state index contributed by atoms with van der Waals surface area (Å²) in [4.78, 5) is 15.0. The Morgan fingerprint density at radius 1 is 1.19 bits per heavy atom. The van der Waals surface area contributed by atoms with Gasteiger partial charge < -0.3 is 10.2 Å². The van der Waals surface area contributed by atoms with E-state index in [1.54, 1.807) is 0 Å². The molecule has 1 saturated heterocycles. The lowest BCUT2D eigenvalue weighted by molar-refractivity contribution is -0.134. The first-order valence-electron chi connectivity index (χ1n) is 9.37. The van der Waals surface area contributed by atoms with Crippen LogP contribution in [0.4, 0.5) is 5.69 Å². The molecule has 144 valence electrons. The lowest BCUT2D eigenvalue weighted by Crippen LogP contribution is -2.50. The van der Waals surface area contributed by atoms with Crippen LogP contribution >= 0.6 is 15.9 Å². The van der Waals surface area contributed by atoms with Gasteiger partial charge in [0.05, 0.1) is 18.1 Å². The zero-order valence-corrected chi connectivity index (χ0v) is 17.6. The molecule has 0 aromatic heterocycles. The van der Waals surface area contributed by atoms with E-state index in [0.29, 0.717) is 6.42 Å². The molecule has 5 nitrogen and oxygen atoms in total. The molecule has 1 heterocycles. The standard InChI is InChI=1S/C19H27BrN2O3S/c1-14-11-15(20)7-8-18(14)21-12-19(23)22(16-5-3-2-4-6-16)17-9-10-26(24,25)13-17/h7-8,11,16-17,21H,2-6,9-10,12-13H2,1H3/t17-/m1/s1.